The van der Waals surface area contributed by atoms with E-state index in [1.165, 1.54) is 6.42 Å². The van der Waals surface area contributed by atoms with Gasteiger partial charge in [0.05, 0.1) is 6.10 Å². The van der Waals surface area contributed by atoms with Gasteiger partial charge >= 0.3 is 5.97 Å². The molecule has 100 valence electrons. The van der Waals surface area contributed by atoms with Crippen LogP contribution in [0.1, 0.15) is 39.5 Å². The number of likely N-dealkylation sites (N-methyl/N-ethyl adjacent to an activating group) is 1. The van der Waals surface area contributed by atoms with Crippen LogP contribution in [-0.4, -0.2) is 36.9 Å². The molecule has 1 aliphatic carbocycles. The molecule has 4 unspecified atom stereocenters. The predicted molar refractivity (Wildman–Crippen MR) is 67.0 cm³/mol. The van der Waals surface area contributed by atoms with Crippen molar-refractivity contribution in [2.24, 2.45) is 11.8 Å². The summed E-state index contributed by atoms with van der Waals surface area (Å²) < 4.78 is 5.78. The first kappa shape index (κ1) is 14.5. The van der Waals surface area contributed by atoms with Crippen molar-refractivity contribution in [3.05, 3.63) is 0 Å². The zero-order valence-corrected chi connectivity index (χ0v) is 11.1. The number of hydrogen-bond donors (Lipinski definition) is 2. The first-order chi connectivity index (χ1) is 8.04. The number of carboxylic acid groups (broad SMARTS) is 1. The Hall–Kier alpha value is -0.610. The topological polar surface area (TPSA) is 58.6 Å². The molecule has 17 heavy (non-hydrogen) atoms. The van der Waals surface area contributed by atoms with Gasteiger partial charge < -0.3 is 15.2 Å². The minimum Gasteiger partial charge on any atom is -0.480 e. The van der Waals surface area contributed by atoms with Crippen molar-refractivity contribution in [2.45, 2.75) is 51.7 Å². The third-order valence-corrected chi connectivity index (χ3v) is 3.96. The summed E-state index contributed by atoms with van der Waals surface area (Å²) in [5.74, 6) is 0.703. The highest BCUT2D eigenvalue weighted by Crippen LogP contribution is 2.30. The standard InChI is InChI=1S/C13H25NO3/c1-9-4-5-11(8-10(9)2)17-7-6-12(14-3)13(15)16/h9-12,14H,4-8H2,1-3H3,(H,15,16). The molecular weight excluding hydrogens is 218 g/mol. The van der Waals surface area contributed by atoms with Gasteiger partial charge in [0, 0.05) is 6.61 Å². The van der Waals surface area contributed by atoms with Crippen molar-refractivity contribution in [1.82, 2.24) is 5.32 Å². The molecule has 1 fully saturated rings. The normalized spacial score (nSPS) is 31.1. The molecular formula is C13H25NO3. The van der Waals surface area contributed by atoms with Crippen molar-refractivity contribution in [3.63, 3.8) is 0 Å². The maximum Gasteiger partial charge on any atom is 0.320 e. The number of carbonyl (C=O) groups is 1. The molecule has 0 saturated heterocycles. The Kier molecular flexibility index (Phi) is 5.92. The van der Waals surface area contributed by atoms with Gasteiger partial charge in [0.15, 0.2) is 0 Å². The van der Waals surface area contributed by atoms with Crippen molar-refractivity contribution in [1.29, 1.82) is 0 Å². The molecule has 0 aromatic rings. The van der Waals surface area contributed by atoms with E-state index >= 15 is 0 Å². The molecule has 0 aromatic carbocycles. The van der Waals surface area contributed by atoms with E-state index in [1.807, 2.05) is 0 Å². The summed E-state index contributed by atoms with van der Waals surface area (Å²) in [5, 5.41) is 11.6. The van der Waals surface area contributed by atoms with E-state index in [4.69, 9.17) is 9.84 Å². The number of nitrogens with one attached hydrogen (secondary N) is 1. The van der Waals surface area contributed by atoms with Crippen LogP contribution in [0.3, 0.4) is 0 Å². The summed E-state index contributed by atoms with van der Waals surface area (Å²) >= 11 is 0. The highest BCUT2D eigenvalue weighted by atomic mass is 16.5. The van der Waals surface area contributed by atoms with Gasteiger partial charge in [-0.1, -0.05) is 13.8 Å². The number of carboxylic acids is 1. The fourth-order valence-electron chi connectivity index (χ4n) is 2.39. The average molecular weight is 243 g/mol. The molecule has 0 bridgehead atoms. The SMILES string of the molecule is CNC(CCOC1CCC(C)C(C)C1)C(=O)O. The largest absolute Gasteiger partial charge is 0.480 e. The summed E-state index contributed by atoms with van der Waals surface area (Å²) in [7, 11) is 1.67. The smallest absolute Gasteiger partial charge is 0.320 e. The van der Waals surface area contributed by atoms with E-state index in [0.717, 1.165) is 18.8 Å². The van der Waals surface area contributed by atoms with E-state index in [-0.39, 0.29) is 0 Å². The molecule has 0 radical (unpaired) electrons. The maximum atomic E-state index is 10.8. The molecule has 1 aliphatic rings. The Balaban J connectivity index is 2.20. The summed E-state index contributed by atoms with van der Waals surface area (Å²) in [4.78, 5) is 10.8. The van der Waals surface area contributed by atoms with Gasteiger partial charge in [-0.3, -0.25) is 4.79 Å². The highest BCUT2D eigenvalue weighted by molar-refractivity contribution is 5.73. The molecule has 2 N–H and O–H groups in total. The zero-order valence-electron chi connectivity index (χ0n) is 11.1. The fourth-order valence-corrected chi connectivity index (χ4v) is 2.39. The van der Waals surface area contributed by atoms with Crippen LogP contribution in [0.2, 0.25) is 0 Å². The summed E-state index contributed by atoms with van der Waals surface area (Å²) in [5.41, 5.74) is 0. The van der Waals surface area contributed by atoms with Crippen molar-refractivity contribution in [3.8, 4) is 0 Å². The third kappa shape index (κ3) is 4.64. The predicted octanol–water partition coefficient (Wildman–Crippen LogP) is 1.89. The van der Waals surface area contributed by atoms with E-state index in [0.29, 0.717) is 25.0 Å². The minimum atomic E-state index is -0.804. The van der Waals surface area contributed by atoms with Crippen LogP contribution in [0.15, 0.2) is 0 Å². The Bertz CT molecular complexity index is 245. The van der Waals surface area contributed by atoms with Crippen molar-refractivity contribution >= 4 is 5.97 Å². The highest BCUT2D eigenvalue weighted by Gasteiger charge is 2.25. The van der Waals surface area contributed by atoms with Gasteiger partial charge in [0.1, 0.15) is 6.04 Å². The Morgan fingerprint density at radius 2 is 2.12 bits per heavy atom. The number of ether oxygens (including phenoxy) is 1. The second kappa shape index (κ2) is 6.97. The monoisotopic (exact) mass is 243 g/mol. The molecule has 1 rings (SSSR count). The molecule has 4 heteroatoms. The quantitative estimate of drug-likeness (QED) is 0.748. The molecule has 4 atom stereocenters. The Morgan fingerprint density at radius 1 is 1.41 bits per heavy atom. The number of rotatable bonds is 6. The second-order valence-electron chi connectivity index (χ2n) is 5.23. The molecule has 0 aromatic heterocycles. The van der Waals surface area contributed by atoms with E-state index in [1.54, 1.807) is 7.05 Å². The molecule has 1 saturated carbocycles. The van der Waals surface area contributed by atoms with E-state index < -0.39 is 12.0 Å². The van der Waals surface area contributed by atoms with Crippen molar-refractivity contribution < 1.29 is 14.6 Å². The zero-order chi connectivity index (χ0) is 12.8. The lowest BCUT2D eigenvalue weighted by Gasteiger charge is -2.32. The van der Waals surface area contributed by atoms with Gasteiger partial charge in [-0.15, -0.1) is 0 Å². The van der Waals surface area contributed by atoms with Crippen LogP contribution in [0, 0.1) is 11.8 Å². The van der Waals surface area contributed by atoms with E-state index in [2.05, 4.69) is 19.2 Å². The first-order valence-corrected chi connectivity index (χ1v) is 6.56. The molecule has 0 heterocycles. The van der Waals surface area contributed by atoms with Gasteiger partial charge in [0.2, 0.25) is 0 Å². The van der Waals surface area contributed by atoms with Crippen LogP contribution < -0.4 is 5.32 Å². The second-order valence-corrected chi connectivity index (χ2v) is 5.23. The molecule has 0 aliphatic heterocycles. The lowest BCUT2D eigenvalue weighted by Crippen LogP contribution is -2.35. The summed E-state index contributed by atoms with van der Waals surface area (Å²) in [6, 6.07) is -0.491. The summed E-state index contributed by atoms with van der Waals surface area (Å²) in [6.45, 7) is 5.10. The van der Waals surface area contributed by atoms with Crippen LogP contribution >= 0.6 is 0 Å². The minimum absolute atomic E-state index is 0.326. The van der Waals surface area contributed by atoms with Crippen LogP contribution in [0.25, 0.3) is 0 Å². The maximum absolute atomic E-state index is 10.8. The molecule has 0 spiro atoms. The molecule has 4 nitrogen and oxygen atoms in total. The number of aliphatic carboxylic acids is 1. The fraction of sp³-hybridized carbons (Fsp3) is 0.923. The van der Waals surface area contributed by atoms with Gasteiger partial charge in [-0.05, 0) is 44.6 Å². The van der Waals surface area contributed by atoms with E-state index in [9.17, 15) is 4.79 Å². The lowest BCUT2D eigenvalue weighted by molar-refractivity contribution is -0.140. The van der Waals surface area contributed by atoms with Gasteiger partial charge in [0.25, 0.3) is 0 Å². The van der Waals surface area contributed by atoms with Crippen LogP contribution in [0.5, 0.6) is 0 Å². The van der Waals surface area contributed by atoms with Crippen LogP contribution in [0.4, 0.5) is 0 Å². The average Bonchev–Trinajstić information content (AvgIpc) is 2.28. The Labute approximate surface area is 104 Å². The Morgan fingerprint density at radius 3 is 2.65 bits per heavy atom. The lowest BCUT2D eigenvalue weighted by atomic mass is 9.80. The van der Waals surface area contributed by atoms with Gasteiger partial charge in [-0.2, -0.15) is 0 Å². The van der Waals surface area contributed by atoms with Crippen LogP contribution in [-0.2, 0) is 9.53 Å². The first-order valence-electron chi connectivity index (χ1n) is 6.56. The third-order valence-electron chi connectivity index (χ3n) is 3.96. The number of hydrogen-bond acceptors (Lipinski definition) is 3. The van der Waals surface area contributed by atoms with Gasteiger partial charge in [-0.25, -0.2) is 0 Å². The van der Waals surface area contributed by atoms with Crippen molar-refractivity contribution in [2.75, 3.05) is 13.7 Å². The molecule has 0 amide bonds. The summed E-state index contributed by atoms with van der Waals surface area (Å²) in [6.07, 6.45) is 4.31.